The van der Waals surface area contributed by atoms with Gasteiger partial charge in [0.1, 0.15) is 5.82 Å². The predicted octanol–water partition coefficient (Wildman–Crippen LogP) is 2.84. The topological polar surface area (TPSA) is 41.1 Å². The Bertz CT molecular complexity index is 416. The van der Waals surface area contributed by atoms with Gasteiger partial charge in [-0.15, -0.1) is 0 Å². The maximum Gasteiger partial charge on any atom is 0.318 e. The van der Waals surface area contributed by atoms with E-state index in [9.17, 15) is 9.18 Å². The van der Waals surface area contributed by atoms with Crippen molar-refractivity contribution in [3.8, 4) is 0 Å². The van der Waals surface area contributed by atoms with Crippen LogP contribution < -0.4 is 10.6 Å². The first-order valence-corrected chi connectivity index (χ1v) is 6.04. The lowest BCUT2D eigenvalue weighted by atomic mass is 10.1. The highest BCUT2D eigenvalue weighted by atomic mass is 19.1. The van der Waals surface area contributed by atoms with E-state index in [1.807, 2.05) is 19.9 Å². The highest BCUT2D eigenvalue weighted by Crippen LogP contribution is 2.05. The molecule has 0 aliphatic rings. The van der Waals surface area contributed by atoms with E-state index in [2.05, 4.69) is 10.6 Å². The molecule has 4 heteroatoms. The fourth-order valence-corrected chi connectivity index (χ4v) is 1.38. The summed E-state index contributed by atoms with van der Waals surface area (Å²) in [6, 6.07) is 6.29. The molecule has 18 heavy (non-hydrogen) atoms. The standard InChI is InChI=1S/C14H19FN2O/c1-11(2)7-9-16-14(18)17-10-8-12-5-3-4-6-13(12)15/h3-7,9,11H,8,10H2,1-2H3,(H2,16,17,18)/b9-7+. The molecule has 0 heterocycles. The number of hydrogen-bond acceptors (Lipinski definition) is 1. The smallest absolute Gasteiger partial charge is 0.318 e. The molecule has 0 bridgehead atoms. The third kappa shape index (κ3) is 5.48. The zero-order valence-corrected chi connectivity index (χ0v) is 10.7. The molecule has 3 nitrogen and oxygen atoms in total. The molecule has 0 aliphatic carbocycles. The number of nitrogens with one attached hydrogen (secondary N) is 2. The lowest BCUT2D eigenvalue weighted by molar-refractivity contribution is 0.244. The summed E-state index contributed by atoms with van der Waals surface area (Å²) in [4.78, 5) is 11.3. The summed E-state index contributed by atoms with van der Waals surface area (Å²) in [5.74, 6) is 0.156. The average molecular weight is 250 g/mol. The van der Waals surface area contributed by atoms with Crippen molar-refractivity contribution in [2.75, 3.05) is 6.54 Å². The third-order valence-electron chi connectivity index (χ3n) is 2.33. The van der Waals surface area contributed by atoms with Gasteiger partial charge in [-0.2, -0.15) is 0 Å². The molecule has 0 saturated heterocycles. The van der Waals surface area contributed by atoms with E-state index >= 15 is 0 Å². The highest BCUT2D eigenvalue weighted by Gasteiger charge is 2.01. The van der Waals surface area contributed by atoms with Crippen LogP contribution in [-0.4, -0.2) is 12.6 Å². The van der Waals surface area contributed by atoms with Crippen LogP contribution in [0.25, 0.3) is 0 Å². The quantitative estimate of drug-likeness (QED) is 0.829. The van der Waals surface area contributed by atoms with Crippen LogP contribution in [0.4, 0.5) is 9.18 Å². The lowest BCUT2D eigenvalue weighted by Gasteiger charge is -2.05. The molecule has 0 saturated carbocycles. The van der Waals surface area contributed by atoms with Crippen molar-refractivity contribution in [1.82, 2.24) is 10.6 Å². The molecular weight excluding hydrogens is 231 g/mol. The van der Waals surface area contributed by atoms with E-state index in [-0.39, 0.29) is 11.8 Å². The van der Waals surface area contributed by atoms with Gasteiger partial charge >= 0.3 is 6.03 Å². The second-order valence-corrected chi connectivity index (χ2v) is 4.34. The number of rotatable bonds is 5. The molecule has 0 aliphatic heterocycles. The molecule has 0 unspecified atom stereocenters. The number of halogens is 1. The monoisotopic (exact) mass is 250 g/mol. The first-order chi connectivity index (χ1) is 8.59. The van der Waals surface area contributed by atoms with Gasteiger partial charge in [-0.25, -0.2) is 9.18 Å². The molecule has 0 atom stereocenters. The first kappa shape index (κ1) is 14.2. The molecular formula is C14H19FN2O. The van der Waals surface area contributed by atoms with Crippen LogP contribution in [0.5, 0.6) is 0 Å². The van der Waals surface area contributed by atoms with Crippen LogP contribution in [0.3, 0.4) is 0 Å². The normalized spacial score (nSPS) is 10.9. The SMILES string of the molecule is CC(C)/C=C/NC(=O)NCCc1ccccc1F. The van der Waals surface area contributed by atoms with E-state index in [0.29, 0.717) is 24.4 Å². The molecule has 1 aromatic rings. The Morgan fingerprint density at radius 1 is 1.39 bits per heavy atom. The van der Waals surface area contributed by atoms with Crippen molar-refractivity contribution in [2.24, 2.45) is 5.92 Å². The van der Waals surface area contributed by atoms with Crippen LogP contribution in [0.2, 0.25) is 0 Å². The maximum absolute atomic E-state index is 13.3. The van der Waals surface area contributed by atoms with Crippen molar-refractivity contribution in [3.05, 3.63) is 47.9 Å². The Morgan fingerprint density at radius 2 is 2.11 bits per heavy atom. The van der Waals surface area contributed by atoms with Gasteiger partial charge in [-0.05, 0) is 24.0 Å². The van der Waals surface area contributed by atoms with Gasteiger partial charge in [0.05, 0.1) is 0 Å². The molecule has 2 amide bonds. The Kier molecular flexibility index (Phi) is 5.91. The zero-order chi connectivity index (χ0) is 13.4. The minimum atomic E-state index is -0.275. The van der Waals surface area contributed by atoms with Gasteiger partial charge < -0.3 is 10.6 Å². The van der Waals surface area contributed by atoms with Crippen LogP contribution in [-0.2, 0) is 6.42 Å². The number of amides is 2. The first-order valence-electron chi connectivity index (χ1n) is 6.04. The van der Waals surface area contributed by atoms with E-state index in [1.165, 1.54) is 6.07 Å². The van der Waals surface area contributed by atoms with E-state index in [4.69, 9.17) is 0 Å². The van der Waals surface area contributed by atoms with Crippen LogP contribution >= 0.6 is 0 Å². The number of benzene rings is 1. The predicted molar refractivity (Wildman–Crippen MR) is 70.6 cm³/mol. The Morgan fingerprint density at radius 3 is 2.78 bits per heavy atom. The van der Waals surface area contributed by atoms with Gasteiger partial charge in [0.25, 0.3) is 0 Å². The van der Waals surface area contributed by atoms with Gasteiger partial charge in [-0.1, -0.05) is 38.1 Å². The summed E-state index contributed by atoms with van der Waals surface area (Å²) < 4.78 is 13.3. The van der Waals surface area contributed by atoms with E-state index in [1.54, 1.807) is 24.4 Å². The van der Waals surface area contributed by atoms with Crippen LogP contribution in [0.15, 0.2) is 36.5 Å². The van der Waals surface area contributed by atoms with Gasteiger partial charge in [0.2, 0.25) is 0 Å². The van der Waals surface area contributed by atoms with Crippen molar-refractivity contribution >= 4 is 6.03 Å². The molecule has 0 spiro atoms. The van der Waals surface area contributed by atoms with Crippen molar-refractivity contribution in [3.63, 3.8) is 0 Å². The fraction of sp³-hybridized carbons (Fsp3) is 0.357. The number of carbonyl (C=O) groups excluding carboxylic acids is 1. The minimum absolute atomic E-state index is 0.237. The molecule has 1 rings (SSSR count). The third-order valence-corrected chi connectivity index (χ3v) is 2.33. The Hall–Kier alpha value is -1.84. The average Bonchev–Trinajstić information content (AvgIpc) is 2.31. The van der Waals surface area contributed by atoms with Crippen molar-refractivity contribution < 1.29 is 9.18 Å². The zero-order valence-electron chi connectivity index (χ0n) is 10.7. The summed E-state index contributed by atoms with van der Waals surface area (Å²) in [7, 11) is 0. The number of allylic oxidation sites excluding steroid dienone is 1. The van der Waals surface area contributed by atoms with Crippen molar-refractivity contribution in [1.29, 1.82) is 0 Å². The van der Waals surface area contributed by atoms with Gasteiger partial charge in [0.15, 0.2) is 0 Å². The molecule has 0 radical (unpaired) electrons. The fourth-order valence-electron chi connectivity index (χ4n) is 1.38. The second-order valence-electron chi connectivity index (χ2n) is 4.34. The summed E-state index contributed by atoms with van der Waals surface area (Å²) in [6.07, 6.45) is 3.98. The van der Waals surface area contributed by atoms with Crippen LogP contribution in [0.1, 0.15) is 19.4 Å². The summed E-state index contributed by atoms with van der Waals surface area (Å²) in [6.45, 7) is 4.45. The molecule has 1 aromatic carbocycles. The number of hydrogen-bond donors (Lipinski definition) is 2. The van der Waals surface area contributed by atoms with Crippen molar-refractivity contribution in [2.45, 2.75) is 20.3 Å². The highest BCUT2D eigenvalue weighted by molar-refractivity contribution is 5.74. The summed E-state index contributed by atoms with van der Waals surface area (Å²) in [5, 5.41) is 5.25. The van der Waals surface area contributed by atoms with E-state index in [0.717, 1.165) is 0 Å². The number of urea groups is 1. The molecule has 2 N–H and O–H groups in total. The molecule has 98 valence electrons. The van der Waals surface area contributed by atoms with Gasteiger partial charge in [-0.3, -0.25) is 0 Å². The summed E-state index contributed by atoms with van der Waals surface area (Å²) >= 11 is 0. The van der Waals surface area contributed by atoms with Crippen LogP contribution in [0, 0.1) is 11.7 Å². The largest absolute Gasteiger partial charge is 0.338 e. The summed E-state index contributed by atoms with van der Waals surface area (Å²) in [5.41, 5.74) is 0.607. The molecule has 0 aromatic heterocycles. The maximum atomic E-state index is 13.3. The lowest BCUT2D eigenvalue weighted by Crippen LogP contribution is -2.33. The molecule has 0 fully saturated rings. The second kappa shape index (κ2) is 7.48. The Balaban J connectivity index is 2.26. The van der Waals surface area contributed by atoms with E-state index < -0.39 is 0 Å². The Labute approximate surface area is 107 Å². The van der Waals surface area contributed by atoms with Gasteiger partial charge in [0, 0.05) is 12.7 Å². The minimum Gasteiger partial charge on any atom is -0.338 e. The number of carbonyl (C=O) groups is 1.